The topological polar surface area (TPSA) is 58.4 Å². The van der Waals surface area contributed by atoms with Gasteiger partial charge < -0.3 is 14.4 Å². The molecule has 3 aromatic carbocycles. The third kappa shape index (κ3) is 8.73. The van der Waals surface area contributed by atoms with E-state index in [-0.39, 0.29) is 45.4 Å². The van der Waals surface area contributed by atoms with Crippen molar-refractivity contribution < 1.29 is 40.2 Å². The summed E-state index contributed by atoms with van der Waals surface area (Å²) >= 11 is -0.0373. The van der Waals surface area contributed by atoms with Gasteiger partial charge in [0.2, 0.25) is 5.91 Å². The number of nitrogens with zero attached hydrogens (tertiary/aromatic N) is 4. The van der Waals surface area contributed by atoms with Gasteiger partial charge in [-0.05, 0) is 78.2 Å². The van der Waals surface area contributed by atoms with Gasteiger partial charge in [-0.25, -0.2) is 4.39 Å². The number of thioether (sulfide) groups is 1. The van der Waals surface area contributed by atoms with Crippen molar-refractivity contribution in [3.05, 3.63) is 117 Å². The van der Waals surface area contributed by atoms with Crippen LogP contribution in [0.25, 0.3) is 11.1 Å². The second kappa shape index (κ2) is 15.5. The van der Waals surface area contributed by atoms with E-state index in [2.05, 4.69) is 4.98 Å². The van der Waals surface area contributed by atoms with Crippen molar-refractivity contribution in [3.63, 3.8) is 0 Å². The van der Waals surface area contributed by atoms with Crippen LogP contribution in [0.3, 0.4) is 0 Å². The molecular formula is C37H40F4N4O2S. The van der Waals surface area contributed by atoms with Crippen molar-refractivity contribution in [1.29, 1.82) is 0 Å². The van der Waals surface area contributed by atoms with E-state index in [0.717, 1.165) is 48.2 Å². The zero-order valence-corrected chi connectivity index (χ0v) is 26.9. The Kier molecular flexibility index (Phi) is 7.07. The number of amides is 1. The third-order valence-electron chi connectivity index (χ3n) is 7.18. The highest BCUT2D eigenvalue weighted by atomic mass is 32.2. The summed E-state index contributed by atoms with van der Waals surface area (Å²) < 4.78 is 170. The third-order valence-corrected chi connectivity index (χ3v) is 7.98. The first-order valence-electron chi connectivity index (χ1n) is 21.3. The molecule has 0 N–H and O–H groups in total. The van der Waals surface area contributed by atoms with Crippen LogP contribution in [0.2, 0.25) is 0 Å². The molecule has 0 saturated heterocycles. The lowest BCUT2D eigenvalue weighted by molar-refractivity contribution is -0.137. The van der Waals surface area contributed by atoms with Crippen LogP contribution in [-0.4, -0.2) is 51.3 Å². The minimum Gasteiger partial charge on any atom is -0.336 e. The van der Waals surface area contributed by atoms with Crippen molar-refractivity contribution in [3.8, 4) is 11.1 Å². The van der Waals surface area contributed by atoms with Crippen molar-refractivity contribution in [2.24, 2.45) is 5.89 Å². The number of benzene rings is 3. The van der Waals surface area contributed by atoms with Gasteiger partial charge in [-0.15, -0.1) is 0 Å². The number of rotatable bonds is 13. The second-order valence-corrected chi connectivity index (χ2v) is 11.3. The number of carbonyl (C=O) groups excluding carboxylic acids is 1. The van der Waals surface area contributed by atoms with E-state index in [4.69, 9.17) is 12.3 Å². The minimum absolute atomic E-state index is 0.0373. The van der Waals surface area contributed by atoms with Crippen molar-refractivity contribution in [2.45, 2.75) is 63.6 Å². The molecule has 1 aliphatic carbocycles. The molecule has 1 aromatic heterocycles. The molecule has 0 aliphatic heterocycles. The minimum atomic E-state index is -4.59. The van der Waals surface area contributed by atoms with Crippen LogP contribution in [0.4, 0.5) is 17.6 Å². The lowest BCUT2D eigenvalue weighted by atomic mass is 10.0. The Morgan fingerprint density at radius 1 is 0.979 bits per heavy atom. The van der Waals surface area contributed by atoms with Gasteiger partial charge in [0.15, 0.2) is 5.16 Å². The lowest BCUT2D eigenvalue weighted by Gasteiger charge is -2.28. The highest BCUT2D eigenvalue weighted by molar-refractivity contribution is 7.98. The molecule has 0 radical (unpaired) electrons. The van der Waals surface area contributed by atoms with Gasteiger partial charge in [0.1, 0.15) is 12.3 Å². The maximum Gasteiger partial charge on any atom is 0.416 e. The second-order valence-electron chi connectivity index (χ2n) is 10.5. The maximum atomic E-state index is 15.0. The molecule has 6 nitrogen and oxygen atoms in total. The van der Waals surface area contributed by atoms with Gasteiger partial charge >= 0.3 is 6.18 Å². The lowest BCUT2D eigenvalue weighted by Crippen LogP contribution is -2.40. The Labute approximate surface area is 301 Å². The molecule has 0 bridgehead atoms. The molecular weight excluding hydrogens is 640 g/mol. The van der Waals surface area contributed by atoms with Gasteiger partial charge in [-0.1, -0.05) is 81.1 Å². The number of hydrogen-bond acceptors (Lipinski definition) is 5. The normalized spacial score (nSPS) is 23.2. The summed E-state index contributed by atoms with van der Waals surface area (Å²) in [6.45, 7) is -7.75. The Hall–Kier alpha value is -3.96. The van der Waals surface area contributed by atoms with E-state index in [1.807, 2.05) is 0 Å². The van der Waals surface area contributed by atoms with Gasteiger partial charge in [0.25, 0.3) is 5.56 Å². The van der Waals surface area contributed by atoms with E-state index >= 15 is 4.79 Å². The van der Waals surface area contributed by atoms with Crippen LogP contribution in [0, 0.1) is 11.7 Å². The summed E-state index contributed by atoms with van der Waals surface area (Å²) in [6.07, 6.45) is -11.1. The zero-order chi connectivity index (χ0) is 46.1. The molecule has 0 saturated carbocycles. The SMILES string of the molecule is [2H]C([2H])(Sc1nc(=O)c2c(n1C([2H])([2H])C(=O)N(Cc1ccc(-c3ccc(C(F)(F)F)cc3)cc1)C([2H])([2H])C([2H])([2H])N(CC)CC)C([2H])([2H])C([2H])(C)C2([2H])[2H])c1ccc(F)cc1. The van der Waals surface area contributed by atoms with Crippen LogP contribution in [-0.2, 0) is 42.5 Å². The molecule has 0 spiro atoms. The summed E-state index contributed by atoms with van der Waals surface area (Å²) in [4.78, 5) is 33.6. The van der Waals surface area contributed by atoms with E-state index in [9.17, 15) is 27.8 Å². The van der Waals surface area contributed by atoms with Gasteiger partial charge in [0, 0.05) is 48.8 Å². The molecule has 11 heteroatoms. The Morgan fingerprint density at radius 2 is 1.58 bits per heavy atom. The van der Waals surface area contributed by atoms with Crippen LogP contribution in [0.1, 0.15) is 66.5 Å². The molecule has 1 aliphatic rings. The first-order chi connectivity index (χ1) is 27.8. The molecule has 1 amide bonds. The number of carbonyl (C=O) groups is 1. The van der Waals surface area contributed by atoms with Gasteiger partial charge in [-0.3, -0.25) is 9.59 Å². The fourth-order valence-corrected chi connectivity index (χ4v) is 5.29. The van der Waals surface area contributed by atoms with Crippen LogP contribution in [0.5, 0.6) is 0 Å². The predicted octanol–water partition coefficient (Wildman–Crippen LogP) is 7.47. The Morgan fingerprint density at radius 3 is 2.19 bits per heavy atom. The average Bonchev–Trinajstić information content (AvgIpc) is 3.26. The molecule has 0 fully saturated rings. The standard InChI is InChI=1S/C37H40F4N4O2S/c1-4-43(5-2)18-19-44(22-26-6-10-28(11-7-26)29-12-14-30(15-13-29)37(39,40)41)34(46)23-45-33-21-25(3)20-32(33)35(47)42-36(45)48-24-27-8-16-31(38)17-9-27/h6-17,25H,4-5,18-24H2,1-3H3/i18D2,19D2,20D2,21D2,23D2,24D2,25D. The first-order valence-corrected chi connectivity index (χ1v) is 15.6. The number of likely N-dealkylation sites (N-methyl/N-ethyl adjacent to an activating group) is 1. The summed E-state index contributed by atoms with van der Waals surface area (Å²) in [5, 5.41) is -1.05. The number of hydrogen-bond donors (Lipinski definition) is 0. The fraction of sp³-hybridized carbons (Fsp3) is 0.378. The van der Waals surface area contributed by atoms with Crippen molar-refractivity contribution in [1.82, 2.24) is 19.4 Å². The van der Waals surface area contributed by atoms with Gasteiger partial charge in [0.05, 0.1) is 11.0 Å². The fourth-order valence-electron chi connectivity index (χ4n) is 4.59. The van der Waals surface area contributed by atoms with Crippen molar-refractivity contribution in [2.75, 3.05) is 26.1 Å². The van der Waals surface area contributed by atoms with Gasteiger partial charge in [-0.2, -0.15) is 18.2 Å². The summed E-state index contributed by atoms with van der Waals surface area (Å²) in [7, 11) is 0. The number of aromatic nitrogens is 2. The number of alkyl halides is 3. The van der Waals surface area contributed by atoms with E-state index in [1.54, 1.807) is 0 Å². The summed E-state index contributed by atoms with van der Waals surface area (Å²) in [6, 6.07) is 13.5. The Balaban J connectivity index is 1.74. The summed E-state index contributed by atoms with van der Waals surface area (Å²) in [5.74, 6) is -5.59. The molecule has 48 heavy (non-hydrogen) atoms. The molecule has 1 unspecified atom stereocenters. The van der Waals surface area contributed by atoms with E-state index in [0.29, 0.717) is 11.1 Å². The maximum absolute atomic E-state index is 15.0. The first kappa shape index (κ1) is 21.9. The quantitative estimate of drug-likeness (QED) is 0.0827. The highest BCUT2D eigenvalue weighted by Crippen LogP contribution is 2.32. The largest absolute Gasteiger partial charge is 0.416 e. The Bertz CT molecular complexity index is 2340. The molecule has 1 heterocycles. The zero-order valence-electron chi connectivity index (χ0n) is 39.1. The smallest absolute Gasteiger partial charge is 0.336 e. The molecule has 1 atom stereocenters. The molecule has 4 aromatic rings. The monoisotopic (exact) mass is 693 g/mol. The number of halogens is 4. The van der Waals surface area contributed by atoms with Crippen LogP contribution < -0.4 is 5.56 Å². The number of fused-ring (bicyclic) bond motifs is 1. The highest BCUT2D eigenvalue weighted by Gasteiger charge is 2.30. The average molecular weight is 694 g/mol. The summed E-state index contributed by atoms with van der Waals surface area (Å²) in [5.41, 5.74) is -7.02. The molecule has 254 valence electrons. The predicted molar refractivity (Wildman–Crippen MR) is 181 cm³/mol. The van der Waals surface area contributed by atoms with Crippen LogP contribution >= 0.6 is 11.8 Å². The molecule has 5 rings (SSSR count). The van der Waals surface area contributed by atoms with E-state index in [1.165, 1.54) is 50.2 Å². The van der Waals surface area contributed by atoms with Crippen molar-refractivity contribution >= 4 is 17.7 Å². The van der Waals surface area contributed by atoms with Crippen LogP contribution in [0.15, 0.2) is 82.7 Å². The van der Waals surface area contributed by atoms with E-state index < -0.39 is 95.8 Å².